The van der Waals surface area contributed by atoms with Gasteiger partial charge in [0.25, 0.3) is 0 Å². The van der Waals surface area contributed by atoms with E-state index in [0.717, 1.165) is 5.56 Å². The highest BCUT2D eigenvalue weighted by molar-refractivity contribution is 7.51. The van der Waals surface area contributed by atoms with Gasteiger partial charge in [0, 0.05) is 5.56 Å². The summed E-state index contributed by atoms with van der Waals surface area (Å²) in [6.07, 6.45) is -4.66. The first kappa shape index (κ1) is 20.2. The Balaban J connectivity index is 0.000000817. The first-order valence-electron chi connectivity index (χ1n) is 7.57. The van der Waals surface area contributed by atoms with E-state index >= 15 is 0 Å². The Bertz CT molecular complexity index is 956. The third kappa shape index (κ3) is 4.98. The molecule has 0 fully saturated rings. The predicted octanol–water partition coefficient (Wildman–Crippen LogP) is 4.05. The predicted molar refractivity (Wildman–Crippen MR) is 96.0 cm³/mol. The molecule has 2 aromatic carbocycles. The summed E-state index contributed by atoms with van der Waals surface area (Å²) in [6.45, 7) is 1.90. The van der Waals surface area contributed by atoms with Gasteiger partial charge < -0.3 is 5.73 Å². The number of nitrogen functional groups attached to an aromatic ring is 1. The maximum atomic E-state index is 13.1. The zero-order valence-corrected chi connectivity index (χ0v) is 14.8. The molecule has 0 radical (unpaired) electrons. The van der Waals surface area contributed by atoms with Gasteiger partial charge in [0.1, 0.15) is 5.82 Å². The molecule has 1 heterocycles. The van der Waals surface area contributed by atoms with Crippen molar-refractivity contribution in [2.75, 3.05) is 5.73 Å². The number of halogens is 3. The van der Waals surface area contributed by atoms with Crippen molar-refractivity contribution in [3.05, 3.63) is 66.0 Å². The van der Waals surface area contributed by atoms with Crippen molar-refractivity contribution in [1.82, 2.24) is 9.97 Å². The average molecular weight is 393 g/mol. The number of benzene rings is 2. The van der Waals surface area contributed by atoms with E-state index in [1.165, 1.54) is 0 Å². The molecular formula is C18H14F3N3O2S. The van der Waals surface area contributed by atoms with Crippen LogP contribution in [0.15, 0.2) is 54.6 Å². The Morgan fingerprint density at radius 2 is 1.44 bits per heavy atom. The molecule has 0 unspecified atom stereocenters. The molecule has 27 heavy (non-hydrogen) atoms. The van der Waals surface area contributed by atoms with Crippen LogP contribution in [-0.4, -0.2) is 18.4 Å². The third-order valence-corrected chi connectivity index (χ3v) is 3.58. The SMILES string of the molecule is Cc1ccc(-c2nc(C(F)(F)F)nc(N)c2-c2ccccc2)cc1.O=S=O. The van der Waals surface area contributed by atoms with Gasteiger partial charge >= 0.3 is 17.7 Å². The van der Waals surface area contributed by atoms with Crippen LogP contribution >= 0.6 is 0 Å². The van der Waals surface area contributed by atoms with Gasteiger partial charge in [0.2, 0.25) is 5.82 Å². The molecule has 0 spiro atoms. The summed E-state index contributed by atoms with van der Waals surface area (Å²) in [5.41, 5.74) is 8.65. The Kier molecular flexibility index (Phi) is 6.40. The summed E-state index contributed by atoms with van der Waals surface area (Å²) in [7, 11) is 0. The highest BCUT2D eigenvalue weighted by Crippen LogP contribution is 2.37. The van der Waals surface area contributed by atoms with Gasteiger partial charge in [-0.3, -0.25) is 0 Å². The van der Waals surface area contributed by atoms with Crippen molar-refractivity contribution in [2.24, 2.45) is 0 Å². The number of anilines is 1. The van der Waals surface area contributed by atoms with Crippen LogP contribution in [0.1, 0.15) is 11.4 Å². The summed E-state index contributed by atoms with van der Waals surface area (Å²) in [5, 5.41) is 0. The van der Waals surface area contributed by atoms with Gasteiger partial charge in [-0.05, 0) is 12.5 Å². The molecule has 140 valence electrons. The van der Waals surface area contributed by atoms with Crippen LogP contribution in [-0.2, 0) is 17.7 Å². The van der Waals surface area contributed by atoms with Gasteiger partial charge in [-0.25, -0.2) is 9.97 Å². The highest BCUT2D eigenvalue weighted by Gasteiger charge is 2.36. The van der Waals surface area contributed by atoms with E-state index in [1.807, 2.05) is 25.1 Å². The molecule has 3 aromatic rings. The highest BCUT2D eigenvalue weighted by atomic mass is 32.1. The van der Waals surface area contributed by atoms with Crippen LogP contribution in [0.2, 0.25) is 0 Å². The zero-order valence-electron chi connectivity index (χ0n) is 14.0. The average Bonchev–Trinajstić information content (AvgIpc) is 2.62. The van der Waals surface area contributed by atoms with Gasteiger partial charge in [-0.2, -0.15) is 21.6 Å². The largest absolute Gasteiger partial charge is 0.451 e. The number of hydrogen-bond donors (Lipinski definition) is 1. The second-order valence-electron chi connectivity index (χ2n) is 5.45. The smallest absolute Gasteiger partial charge is 0.383 e. The molecule has 0 bridgehead atoms. The van der Waals surface area contributed by atoms with Crippen LogP contribution in [0.3, 0.4) is 0 Å². The Morgan fingerprint density at radius 1 is 0.889 bits per heavy atom. The Hall–Kier alpha value is -3.07. The fraction of sp³-hybridized carbons (Fsp3) is 0.111. The fourth-order valence-corrected chi connectivity index (χ4v) is 2.41. The normalized spacial score (nSPS) is 10.7. The molecule has 0 aliphatic rings. The maximum Gasteiger partial charge on any atom is 0.451 e. The molecule has 0 aliphatic heterocycles. The summed E-state index contributed by atoms with van der Waals surface area (Å²) < 4.78 is 55.8. The molecule has 5 nitrogen and oxygen atoms in total. The van der Waals surface area contributed by atoms with Crippen molar-refractivity contribution < 1.29 is 21.6 Å². The molecule has 0 amide bonds. The van der Waals surface area contributed by atoms with Crippen LogP contribution in [0.4, 0.5) is 19.0 Å². The zero-order chi connectivity index (χ0) is 20.0. The first-order valence-corrected chi connectivity index (χ1v) is 8.23. The number of rotatable bonds is 2. The molecule has 0 atom stereocenters. The van der Waals surface area contributed by atoms with Gasteiger partial charge in [-0.15, -0.1) is 0 Å². The number of hydrogen-bond acceptors (Lipinski definition) is 5. The minimum atomic E-state index is -4.66. The van der Waals surface area contributed by atoms with Gasteiger partial charge in [0.15, 0.2) is 0 Å². The minimum Gasteiger partial charge on any atom is -0.383 e. The van der Waals surface area contributed by atoms with Gasteiger partial charge in [-0.1, -0.05) is 60.2 Å². The molecule has 0 aliphatic carbocycles. The van der Waals surface area contributed by atoms with Crippen LogP contribution in [0.25, 0.3) is 22.4 Å². The number of alkyl halides is 3. The van der Waals surface area contributed by atoms with Crippen LogP contribution in [0.5, 0.6) is 0 Å². The lowest BCUT2D eigenvalue weighted by Gasteiger charge is -2.15. The van der Waals surface area contributed by atoms with Crippen molar-refractivity contribution in [3.8, 4) is 22.4 Å². The molecule has 3 rings (SSSR count). The molecule has 1 aromatic heterocycles. The van der Waals surface area contributed by atoms with E-state index in [4.69, 9.17) is 14.2 Å². The summed E-state index contributed by atoms with van der Waals surface area (Å²) in [5.74, 6) is -1.44. The van der Waals surface area contributed by atoms with Crippen molar-refractivity contribution in [1.29, 1.82) is 0 Å². The van der Waals surface area contributed by atoms with E-state index in [-0.39, 0.29) is 11.5 Å². The summed E-state index contributed by atoms with van der Waals surface area (Å²) in [4.78, 5) is 7.23. The van der Waals surface area contributed by atoms with E-state index in [2.05, 4.69) is 9.97 Å². The molecule has 0 saturated heterocycles. The van der Waals surface area contributed by atoms with Crippen molar-refractivity contribution >= 4 is 17.4 Å². The van der Waals surface area contributed by atoms with Crippen LogP contribution < -0.4 is 5.73 Å². The monoisotopic (exact) mass is 393 g/mol. The lowest BCUT2D eigenvalue weighted by Crippen LogP contribution is -2.14. The number of aryl methyl sites for hydroxylation is 1. The molecule has 2 N–H and O–H groups in total. The maximum absolute atomic E-state index is 13.1. The number of nitrogens with zero attached hydrogens (tertiary/aromatic N) is 2. The van der Waals surface area contributed by atoms with E-state index in [9.17, 15) is 13.2 Å². The second-order valence-corrected chi connectivity index (χ2v) is 5.59. The summed E-state index contributed by atoms with van der Waals surface area (Å²) in [6, 6.07) is 16.0. The molecule has 9 heteroatoms. The fourth-order valence-electron chi connectivity index (χ4n) is 2.41. The molecule has 0 saturated carbocycles. The number of nitrogens with two attached hydrogens (primary N) is 1. The quantitative estimate of drug-likeness (QED) is 0.710. The third-order valence-electron chi connectivity index (χ3n) is 3.58. The van der Waals surface area contributed by atoms with Gasteiger partial charge in [0.05, 0.1) is 11.3 Å². The minimum absolute atomic E-state index is 0.168. The molecular weight excluding hydrogens is 379 g/mol. The van der Waals surface area contributed by atoms with E-state index < -0.39 is 23.6 Å². The Labute approximate surface area is 156 Å². The lowest BCUT2D eigenvalue weighted by atomic mass is 9.99. The van der Waals surface area contributed by atoms with Crippen molar-refractivity contribution in [3.63, 3.8) is 0 Å². The van der Waals surface area contributed by atoms with Crippen LogP contribution in [0, 0.1) is 6.92 Å². The first-order chi connectivity index (χ1) is 12.8. The second kappa shape index (κ2) is 8.54. The summed E-state index contributed by atoms with van der Waals surface area (Å²) >= 11 is -0.750. The number of aromatic nitrogens is 2. The van der Waals surface area contributed by atoms with Crippen molar-refractivity contribution in [2.45, 2.75) is 13.1 Å². The van der Waals surface area contributed by atoms with E-state index in [1.54, 1.807) is 36.4 Å². The Morgan fingerprint density at radius 3 is 1.96 bits per heavy atom. The topological polar surface area (TPSA) is 85.9 Å². The van der Waals surface area contributed by atoms with E-state index in [0.29, 0.717) is 16.7 Å². The standard InChI is InChI=1S/C18H14F3N3.O2S/c1-11-7-9-13(10-8-11)15-14(12-5-3-2-4-6-12)16(22)24-17(23-15)18(19,20)21;1-3-2/h2-10H,1H3,(H2,22,23,24);. The lowest BCUT2D eigenvalue weighted by molar-refractivity contribution is -0.144.